The molecule has 0 bridgehead atoms. The molecule has 1 heterocycles. The molecular formula is C5H7IS. The highest BCUT2D eigenvalue weighted by Crippen LogP contribution is 2.28. The predicted molar refractivity (Wildman–Crippen MR) is 44.0 cm³/mol. The van der Waals surface area contributed by atoms with E-state index in [4.69, 9.17) is 0 Å². The summed E-state index contributed by atoms with van der Waals surface area (Å²) in [4.78, 5) is 1.49. The molecule has 7 heavy (non-hydrogen) atoms. The Morgan fingerprint density at radius 3 is 2.86 bits per heavy atom. The number of halogens is 1. The third-order valence-electron chi connectivity index (χ3n) is 0.886. The van der Waals surface area contributed by atoms with E-state index in [9.17, 15) is 0 Å². The molecule has 0 radical (unpaired) electrons. The SMILES string of the molecule is CC1=CC(I)CS1. The van der Waals surface area contributed by atoms with Crippen LogP contribution in [0.2, 0.25) is 0 Å². The molecule has 0 aromatic rings. The lowest BCUT2D eigenvalue weighted by Gasteiger charge is -1.86. The second-order valence-electron chi connectivity index (χ2n) is 1.60. The number of thioether (sulfide) groups is 1. The van der Waals surface area contributed by atoms with Crippen molar-refractivity contribution in [3.8, 4) is 0 Å². The van der Waals surface area contributed by atoms with Crippen molar-refractivity contribution in [1.29, 1.82) is 0 Å². The van der Waals surface area contributed by atoms with Gasteiger partial charge >= 0.3 is 0 Å². The van der Waals surface area contributed by atoms with Crippen molar-refractivity contribution < 1.29 is 0 Å². The van der Waals surface area contributed by atoms with E-state index in [0.717, 1.165) is 3.92 Å². The van der Waals surface area contributed by atoms with E-state index >= 15 is 0 Å². The number of hydrogen-bond donors (Lipinski definition) is 0. The molecule has 2 heteroatoms. The molecule has 0 aliphatic carbocycles. The predicted octanol–water partition coefficient (Wildman–Crippen LogP) is 2.44. The molecular weight excluding hydrogens is 219 g/mol. The van der Waals surface area contributed by atoms with E-state index in [-0.39, 0.29) is 0 Å². The average Bonchev–Trinajstić information content (AvgIpc) is 1.87. The molecule has 0 saturated heterocycles. The second kappa shape index (κ2) is 2.40. The smallest absolute Gasteiger partial charge is 0.0393 e. The van der Waals surface area contributed by atoms with Crippen LogP contribution in [0.15, 0.2) is 11.0 Å². The molecule has 0 saturated carbocycles. The maximum atomic E-state index is 2.45. The summed E-state index contributed by atoms with van der Waals surface area (Å²) in [5.41, 5.74) is 0. The van der Waals surface area contributed by atoms with Gasteiger partial charge in [-0.1, -0.05) is 28.7 Å². The van der Waals surface area contributed by atoms with Gasteiger partial charge in [0.2, 0.25) is 0 Å². The lowest BCUT2D eigenvalue weighted by Crippen LogP contribution is -1.86. The van der Waals surface area contributed by atoms with Crippen molar-refractivity contribution in [2.45, 2.75) is 10.8 Å². The van der Waals surface area contributed by atoms with E-state index in [1.807, 2.05) is 11.8 Å². The maximum absolute atomic E-state index is 2.45. The van der Waals surface area contributed by atoms with E-state index in [1.165, 1.54) is 10.7 Å². The zero-order chi connectivity index (χ0) is 5.28. The number of hydrogen-bond acceptors (Lipinski definition) is 1. The van der Waals surface area contributed by atoms with E-state index in [2.05, 4.69) is 35.6 Å². The fourth-order valence-corrected chi connectivity index (χ4v) is 2.66. The molecule has 1 rings (SSSR count). The Morgan fingerprint density at radius 1 is 2.00 bits per heavy atom. The van der Waals surface area contributed by atoms with Crippen LogP contribution in [0, 0.1) is 0 Å². The van der Waals surface area contributed by atoms with Crippen LogP contribution in [0.1, 0.15) is 6.92 Å². The minimum Gasteiger partial charge on any atom is -0.130 e. The third kappa shape index (κ3) is 1.64. The molecule has 0 aromatic carbocycles. The van der Waals surface area contributed by atoms with Crippen LogP contribution in [0.5, 0.6) is 0 Å². The van der Waals surface area contributed by atoms with Crippen LogP contribution in [-0.4, -0.2) is 9.68 Å². The van der Waals surface area contributed by atoms with Crippen molar-refractivity contribution in [3.05, 3.63) is 11.0 Å². The van der Waals surface area contributed by atoms with Gasteiger partial charge in [-0.2, -0.15) is 0 Å². The third-order valence-corrected chi connectivity index (χ3v) is 3.40. The number of allylic oxidation sites excluding steroid dienone is 2. The standard InChI is InChI=1S/C5H7IS/c1-4-2-5(6)3-7-4/h2,5H,3H2,1H3. The minimum atomic E-state index is 0.794. The van der Waals surface area contributed by atoms with Gasteiger partial charge in [0.15, 0.2) is 0 Å². The summed E-state index contributed by atoms with van der Waals surface area (Å²) in [6.07, 6.45) is 2.31. The second-order valence-corrected chi connectivity index (χ2v) is 4.47. The molecule has 0 aromatic heterocycles. The first-order valence-electron chi connectivity index (χ1n) is 2.24. The first-order valence-corrected chi connectivity index (χ1v) is 4.47. The van der Waals surface area contributed by atoms with E-state index in [1.54, 1.807) is 0 Å². The monoisotopic (exact) mass is 226 g/mol. The van der Waals surface area contributed by atoms with Gasteiger partial charge in [-0.25, -0.2) is 0 Å². The molecule has 0 nitrogen and oxygen atoms in total. The van der Waals surface area contributed by atoms with Crippen LogP contribution >= 0.6 is 34.4 Å². The molecule has 0 spiro atoms. The van der Waals surface area contributed by atoms with Crippen LogP contribution in [0.3, 0.4) is 0 Å². The minimum absolute atomic E-state index is 0.794. The molecule has 40 valence electrons. The fourth-order valence-electron chi connectivity index (χ4n) is 0.562. The summed E-state index contributed by atoms with van der Waals surface area (Å²) < 4.78 is 0.794. The summed E-state index contributed by atoms with van der Waals surface area (Å²) in [5.74, 6) is 1.28. The van der Waals surface area contributed by atoms with E-state index < -0.39 is 0 Å². The Labute approximate surface area is 61.9 Å². The molecule has 1 atom stereocenters. The Bertz CT molecular complexity index is 98.3. The first kappa shape index (κ1) is 5.95. The highest BCUT2D eigenvalue weighted by atomic mass is 127. The van der Waals surface area contributed by atoms with Crippen LogP contribution in [0.4, 0.5) is 0 Å². The summed E-state index contributed by atoms with van der Waals surface area (Å²) in [5, 5.41) is 0. The summed E-state index contributed by atoms with van der Waals surface area (Å²) in [6.45, 7) is 2.17. The Balaban J connectivity index is 2.50. The van der Waals surface area contributed by atoms with Gasteiger partial charge in [-0.05, 0) is 11.8 Å². The molecule has 0 fully saturated rings. The van der Waals surface area contributed by atoms with Crippen molar-refractivity contribution in [2.24, 2.45) is 0 Å². The largest absolute Gasteiger partial charge is 0.130 e. The fraction of sp³-hybridized carbons (Fsp3) is 0.600. The van der Waals surface area contributed by atoms with Gasteiger partial charge in [0, 0.05) is 9.68 Å². The number of alkyl halides is 1. The normalized spacial score (nSPS) is 30.6. The van der Waals surface area contributed by atoms with Crippen LogP contribution < -0.4 is 0 Å². The number of rotatable bonds is 0. The van der Waals surface area contributed by atoms with Gasteiger partial charge in [-0.3, -0.25) is 0 Å². The Kier molecular flexibility index (Phi) is 2.04. The van der Waals surface area contributed by atoms with Gasteiger partial charge in [0.05, 0.1) is 0 Å². The van der Waals surface area contributed by atoms with Crippen molar-refractivity contribution in [2.75, 3.05) is 5.75 Å². The van der Waals surface area contributed by atoms with Crippen molar-refractivity contribution in [1.82, 2.24) is 0 Å². The van der Waals surface area contributed by atoms with Gasteiger partial charge in [0.25, 0.3) is 0 Å². The zero-order valence-corrected chi connectivity index (χ0v) is 7.12. The summed E-state index contributed by atoms with van der Waals surface area (Å²) >= 11 is 4.41. The van der Waals surface area contributed by atoms with Gasteiger partial charge in [-0.15, -0.1) is 11.8 Å². The highest BCUT2D eigenvalue weighted by molar-refractivity contribution is 14.1. The quantitative estimate of drug-likeness (QED) is 0.451. The van der Waals surface area contributed by atoms with Crippen LogP contribution in [-0.2, 0) is 0 Å². The summed E-state index contributed by atoms with van der Waals surface area (Å²) in [7, 11) is 0. The maximum Gasteiger partial charge on any atom is 0.0393 e. The molecule has 1 unspecified atom stereocenters. The van der Waals surface area contributed by atoms with Gasteiger partial charge < -0.3 is 0 Å². The van der Waals surface area contributed by atoms with Crippen molar-refractivity contribution in [3.63, 3.8) is 0 Å². The van der Waals surface area contributed by atoms with Crippen molar-refractivity contribution >= 4 is 34.4 Å². The Hall–Kier alpha value is 0.820. The topological polar surface area (TPSA) is 0 Å². The Morgan fingerprint density at radius 2 is 2.71 bits per heavy atom. The van der Waals surface area contributed by atoms with Gasteiger partial charge in [0.1, 0.15) is 0 Å². The zero-order valence-electron chi connectivity index (χ0n) is 4.15. The molecule has 0 N–H and O–H groups in total. The average molecular weight is 226 g/mol. The molecule has 0 amide bonds. The first-order chi connectivity index (χ1) is 3.29. The molecule has 1 aliphatic rings. The summed E-state index contributed by atoms with van der Waals surface area (Å²) in [6, 6.07) is 0. The highest BCUT2D eigenvalue weighted by Gasteiger charge is 2.07. The molecule has 1 aliphatic heterocycles. The van der Waals surface area contributed by atoms with Crippen LogP contribution in [0.25, 0.3) is 0 Å². The van der Waals surface area contributed by atoms with E-state index in [0.29, 0.717) is 0 Å². The lowest BCUT2D eigenvalue weighted by atomic mass is 10.4. The lowest BCUT2D eigenvalue weighted by molar-refractivity contribution is 1.35.